The molecule has 1 heterocycles. The summed E-state index contributed by atoms with van der Waals surface area (Å²) in [7, 11) is 0. The summed E-state index contributed by atoms with van der Waals surface area (Å²) in [5.41, 5.74) is 14.0. The summed E-state index contributed by atoms with van der Waals surface area (Å²) in [6.45, 7) is 0. The maximum absolute atomic E-state index is 2.45. The Kier molecular flexibility index (Phi) is 7.11. The van der Waals surface area contributed by atoms with E-state index in [2.05, 4.69) is 228 Å². The molecule has 0 spiro atoms. The molecule has 0 radical (unpaired) electrons. The van der Waals surface area contributed by atoms with Crippen LogP contribution in [0.1, 0.15) is 22.3 Å². The van der Waals surface area contributed by atoms with E-state index in [1.807, 2.05) is 0 Å². The summed E-state index contributed by atoms with van der Waals surface area (Å²) in [5, 5.41) is 4.95. The van der Waals surface area contributed by atoms with E-state index in [0.717, 1.165) is 22.7 Å². The van der Waals surface area contributed by atoms with Crippen LogP contribution in [0.3, 0.4) is 0 Å². The smallest absolute Gasteiger partial charge is 0.0714 e. The van der Waals surface area contributed by atoms with Crippen molar-refractivity contribution in [1.82, 2.24) is 4.57 Å². The van der Waals surface area contributed by atoms with Crippen LogP contribution in [0.25, 0.3) is 49.4 Å². The number of nitrogens with zero attached hydrogens (tertiary/aromatic N) is 2. The van der Waals surface area contributed by atoms with E-state index in [1.54, 1.807) is 0 Å². The van der Waals surface area contributed by atoms with Crippen LogP contribution >= 0.6 is 0 Å². The summed E-state index contributed by atoms with van der Waals surface area (Å²) >= 11 is 0. The highest BCUT2D eigenvalue weighted by molar-refractivity contribution is 6.10. The Balaban J connectivity index is 1.17. The van der Waals surface area contributed by atoms with E-state index < -0.39 is 5.41 Å². The maximum Gasteiger partial charge on any atom is 0.0714 e. The summed E-state index contributed by atoms with van der Waals surface area (Å²) in [6, 6.07) is 80.1. The van der Waals surface area contributed by atoms with Gasteiger partial charge in [-0.1, -0.05) is 164 Å². The highest BCUT2D eigenvalue weighted by Gasteiger charge is 2.46. The Morgan fingerprint density at radius 3 is 1.71 bits per heavy atom. The molecule has 0 saturated carbocycles. The average Bonchev–Trinajstić information content (AvgIpc) is 3.75. The largest absolute Gasteiger partial charge is 0.310 e. The first-order chi connectivity index (χ1) is 27.3. The van der Waals surface area contributed by atoms with Gasteiger partial charge in [0.25, 0.3) is 0 Å². The summed E-state index contributed by atoms with van der Waals surface area (Å²) in [5.74, 6) is 0. The maximum atomic E-state index is 2.45. The van der Waals surface area contributed by atoms with Crippen LogP contribution in [0.15, 0.2) is 218 Å². The molecule has 0 bridgehead atoms. The molecule has 10 aromatic rings. The average molecular weight is 701 g/mol. The van der Waals surface area contributed by atoms with Crippen molar-refractivity contribution >= 4 is 49.6 Å². The van der Waals surface area contributed by atoms with Crippen molar-refractivity contribution in [2.75, 3.05) is 4.90 Å². The van der Waals surface area contributed by atoms with Crippen molar-refractivity contribution in [3.8, 4) is 16.8 Å². The topological polar surface area (TPSA) is 8.17 Å². The Labute approximate surface area is 320 Å². The van der Waals surface area contributed by atoms with Crippen molar-refractivity contribution in [2.45, 2.75) is 5.41 Å². The van der Waals surface area contributed by atoms with Gasteiger partial charge in [0, 0.05) is 33.5 Å². The first-order valence-electron chi connectivity index (χ1n) is 19.0. The minimum atomic E-state index is -0.487. The Morgan fingerprint density at radius 2 is 0.927 bits per heavy atom. The lowest BCUT2D eigenvalue weighted by molar-refractivity contribution is 0.768. The van der Waals surface area contributed by atoms with Gasteiger partial charge in [-0.25, -0.2) is 0 Å². The third-order valence-electron chi connectivity index (χ3n) is 11.6. The van der Waals surface area contributed by atoms with Gasteiger partial charge in [-0.05, 0) is 98.8 Å². The van der Waals surface area contributed by atoms with Gasteiger partial charge in [0.15, 0.2) is 0 Å². The third-order valence-corrected chi connectivity index (χ3v) is 11.6. The van der Waals surface area contributed by atoms with Gasteiger partial charge in [-0.15, -0.1) is 0 Å². The highest BCUT2D eigenvalue weighted by atomic mass is 15.1. The van der Waals surface area contributed by atoms with Crippen molar-refractivity contribution in [2.24, 2.45) is 0 Å². The van der Waals surface area contributed by atoms with Crippen LogP contribution in [0.4, 0.5) is 17.1 Å². The number of hydrogen-bond acceptors (Lipinski definition) is 1. The molecule has 0 saturated heterocycles. The fourth-order valence-corrected chi connectivity index (χ4v) is 9.29. The molecule has 0 fully saturated rings. The molecule has 0 N–H and O–H groups in total. The predicted octanol–water partition coefficient (Wildman–Crippen LogP) is 13.8. The lowest BCUT2D eigenvalue weighted by atomic mass is 9.67. The number of anilines is 3. The van der Waals surface area contributed by atoms with E-state index in [4.69, 9.17) is 0 Å². The van der Waals surface area contributed by atoms with Crippen molar-refractivity contribution in [3.05, 3.63) is 241 Å². The van der Waals surface area contributed by atoms with Crippen molar-refractivity contribution in [3.63, 3.8) is 0 Å². The minimum Gasteiger partial charge on any atom is -0.310 e. The Bertz CT molecular complexity index is 2990. The quantitative estimate of drug-likeness (QED) is 0.168. The second kappa shape index (κ2) is 12.5. The lowest BCUT2D eigenvalue weighted by Crippen LogP contribution is -2.28. The lowest BCUT2D eigenvalue weighted by Gasteiger charge is -2.35. The minimum absolute atomic E-state index is 0.487. The molecule has 0 amide bonds. The molecule has 2 nitrogen and oxygen atoms in total. The molecule has 0 atom stereocenters. The number of rotatable bonds is 6. The van der Waals surface area contributed by atoms with Gasteiger partial charge in [0.1, 0.15) is 0 Å². The van der Waals surface area contributed by atoms with Crippen LogP contribution in [-0.2, 0) is 5.41 Å². The number of aromatic nitrogens is 1. The molecule has 9 aromatic carbocycles. The molecular formula is C53H36N2. The molecule has 11 rings (SSSR count). The number of para-hydroxylation sites is 2. The highest BCUT2D eigenvalue weighted by Crippen LogP contribution is 2.57. The fourth-order valence-electron chi connectivity index (χ4n) is 9.29. The first-order valence-corrected chi connectivity index (χ1v) is 19.0. The first kappa shape index (κ1) is 31.4. The van der Waals surface area contributed by atoms with Crippen LogP contribution in [-0.4, -0.2) is 4.57 Å². The Morgan fingerprint density at radius 1 is 0.345 bits per heavy atom. The fraction of sp³-hybridized carbons (Fsp3) is 0.0189. The van der Waals surface area contributed by atoms with E-state index in [-0.39, 0.29) is 0 Å². The number of benzene rings is 9. The summed E-state index contributed by atoms with van der Waals surface area (Å²) in [6.07, 6.45) is 0. The van der Waals surface area contributed by atoms with Crippen molar-refractivity contribution in [1.29, 1.82) is 0 Å². The van der Waals surface area contributed by atoms with Crippen LogP contribution in [0.2, 0.25) is 0 Å². The van der Waals surface area contributed by atoms with Crippen LogP contribution in [0, 0.1) is 0 Å². The van der Waals surface area contributed by atoms with E-state index >= 15 is 0 Å². The van der Waals surface area contributed by atoms with Gasteiger partial charge in [-0.2, -0.15) is 0 Å². The van der Waals surface area contributed by atoms with Crippen LogP contribution < -0.4 is 4.90 Å². The second-order valence-electron chi connectivity index (χ2n) is 14.5. The van der Waals surface area contributed by atoms with Gasteiger partial charge >= 0.3 is 0 Å². The monoisotopic (exact) mass is 700 g/mol. The molecule has 0 unspecified atom stereocenters. The summed E-state index contributed by atoms with van der Waals surface area (Å²) < 4.78 is 2.43. The standard InChI is InChI=1S/C53H36N2/c1-4-18-39(19-5-1)53(40-20-6-2-7-21-40)49-26-14-12-24-45(49)46-32-30-43(35-50(46)53)54(41-22-8-3-9-23-41)44-31-33-48-47-25-13-15-27-51(47)55(52(48)36-44)42-29-28-37-16-10-11-17-38(37)34-42/h1-36H. The van der Waals surface area contributed by atoms with Gasteiger partial charge in [0.2, 0.25) is 0 Å². The zero-order valence-corrected chi connectivity index (χ0v) is 30.2. The van der Waals surface area contributed by atoms with Crippen LogP contribution in [0.5, 0.6) is 0 Å². The molecule has 1 aromatic heterocycles. The molecule has 258 valence electrons. The number of hydrogen-bond donors (Lipinski definition) is 0. The molecule has 1 aliphatic carbocycles. The zero-order valence-electron chi connectivity index (χ0n) is 30.2. The molecule has 55 heavy (non-hydrogen) atoms. The van der Waals surface area contributed by atoms with E-state index in [0.29, 0.717) is 0 Å². The normalized spacial score (nSPS) is 12.9. The van der Waals surface area contributed by atoms with Crippen molar-refractivity contribution < 1.29 is 0 Å². The SMILES string of the molecule is c1ccc(N(c2ccc3c(c2)C(c2ccccc2)(c2ccccc2)c2ccccc2-3)c2ccc3c4ccccc4n(-c4ccc5ccccc5c4)c3c2)cc1. The summed E-state index contributed by atoms with van der Waals surface area (Å²) in [4.78, 5) is 2.42. The van der Waals surface area contributed by atoms with Gasteiger partial charge < -0.3 is 9.47 Å². The Hall–Kier alpha value is -7.16. The zero-order chi connectivity index (χ0) is 36.3. The van der Waals surface area contributed by atoms with E-state index in [9.17, 15) is 0 Å². The predicted molar refractivity (Wildman–Crippen MR) is 230 cm³/mol. The van der Waals surface area contributed by atoms with Gasteiger partial charge in [0.05, 0.1) is 16.4 Å². The molecule has 0 aliphatic heterocycles. The molecular weight excluding hydrogens is 665 g/mol. The number of fused-ring (bicyclic) bond motifs is 7. The van der Waals surface area contributed by atoms with Gasteiger partial charge in [-0.3, -0.25) is 0 Å². The third kappa shape index (κ3) is 4.75. The molecule has 2 heteroatoms. The second-order valence-corrected chi connectivity index (χ2v) is 14.5. The molecule has 1 aliphatic rings. The van der Waals surface area contributed by atoms with E-state index in [1.165, 1.54) is 66.0 Å².